The van der Waals surface area contributed by atoms with E-state index >= 15 is 0 Å². The van der Waals surface area contributed by atoms with Crippen LogP contribution in [-0.4, -0.2) is 22.1 Å². The molecule has 1 saturated carbocycles. The number of hydrogen-bond donors (Lipinski definition) is 2. The fourth-order valence-corrected chi connectivity index (χ4v) is 3.15. The van der Waals surface area contributed by atoms with Gasteiger partial charge in [0.1, 0.15) is 11.4 Å². The number of carboxylic acid groups (broad SMARTS) is 1. The standard InChI is InChI=1S/C17H20N2O2/c1-11-5-4-7-13(9-11)18-16-14(17(20)21)10-12-6-2-3-8-15(12)19-16/h2-3,6,8,10-11,13H,4-5,7,9H2,1H3,(H,18,19)(H,20,21). The van der Waals surface area contributed by atoms with Crippen LogP contribution in [0.3, 0.4) is 0 Å². The Labute approximate surface area is 124 Å². The van der Waals surface area contributed by atoms with E-state index in [1.807, 2.05) is 24.3 Å². The number of fused-ring (bicyclic) bond motifs is 1. The van der Waals surface area contributed by atoms with Gasteiger partial charge in [0.15, 0.2) is 0 Å². The van der Waals surface area contributed by atoms with Gasteiger partial charge in [0.05, 0.1) is 5.52 Å². The van der Waals surface area contributed by atoms with E-state index in [2.05, 4.69) is 17.2 Å². The lowest BCUT2D eigenvalue weighted by Gasteiger charge is -2.28. The van der Waals surface area contributed by atoms with Gasteiger partial charge >= 0.3 is 5.97 Å². The Bertz CT molecular complexity index is 669. The number of aromatic nitrogens is 1. The maximum absolute atomic E-state index is 11.5. The minimum absolute atomic E-state index is 0.256. The quantitative estimate of drug-likeness (QED) is 0.896. The Morgan fingerprint density at radius 1 is 1.33 bits per heavy atom. The van der Waals surface area contributed by atoms with E-state index in [0.717, 1.165) is 23.7 Å². The molecule has 1 aromatic heterocycles. The number of anilines is 1. The Balaban J connectivity index is 1.95. The predicted octanol–water partition coefficient (Wildman–Crippen LogP) is 3.92. The zero-order valence-electron chi connectivity index (χ0n) is 12.2. The lowest BCUT2D eigenvalue weighted by Crippen LogP contribution is -2.27. The zero-order chi connectivity index (χ0) is 14.8. The molecule has 110 valence electrons. The smallest absolute Gasteiger partial charge is 0.339 e. The lowest BCUT2D eigenvalue weighted by atomic mass is 9.87. The summed E-state index contributed by atoms with van der Waals surface area (Å²) in [5, 5.41) is 13.6. The van der Waals surface area contributed by atoms with Crippen LogP contribution >= 0.6 is 0 Å². The van der Waals surface area contributed by atoms with Crippen molar-refractivity contribution in [1.29, 1.82) is 0 Å². The molecule has 0 aliphatic heterocycles. The third-order valence-electron chi connectivity index (χ3n) is 4.23. The molecule has 2 atom stereocenters. The van der Waals surface area contributed by atoms with E-state index in [4.69, 9.17) is 0 Å². The molecule has 1 aromatic carbocycles. The first-order chi connectivity index (χ1) is 10.1. The first-order valence-corrected chi connectivity index (χ1v) is 7.53. The Hall–Kier alpha value is -2.10. The predicted molar refractivity (Wildman–Crippen MR) is 83.7 cm³/mol. The van der Waals surface area contributed by atoms with Gasteiger partial charge in [0.25, 0.3) is 0 Å². The summed E-state index contributed by atoms with van der Waals surface area (Å²) >= 11 is 0. The Morgan fingerprint density at radius 2 is 2.14 bits per heavy atom. The minimum Gasteiger partial charge on any atom is -0.478 e. The van der Waals surface area contributed by atoms with Gasteiger partial charge in [-0.3, -0.25) is 0 Å². The van der Waals surface area contributed by atoms with E-state index in [0.29, 0.717) is 17.8 Å². The summed E-state index contributed by atoms with van der Waals surface area (Å²) in [5.74, 6) is 0.255. The van der Waals surface area contributed by atoms with Gasteiger partial charge < -0.3 is 10.4 Å². The lowest BCUT2D eigenvalue weighted by molar-refractivity contribution is 0.0697. The van der Waals surface area contributed by atoms with Crippen LogP contribution in [0.25, 0.3) is 10.9 Å². The molecule has 3 rings (SSSR count). The van der Waals surface area contributed by atoms with Crippen LogP contribution in [0.15, 0.2) is 30.3 Å². The van der Waals surface area contributed by atoms with Gasteiger partial charge in [0.2, 0.25) is 0 Å². The molecule has 0 radical (unpaired) electrons. The maximum Gasteiger partial charge on any atom is 0.339 e. The summed E-state index contributed by atoms with van der Waals surface area (Å²) in [6, 6.07) is 9.64. The molecule has 1 aliphatic rings. The van der Waals surface area contributed by atoms with Crippen LogP contribution < -0.4 is 5.32 Å². The van der Waals surface area contributed by atoms with E-state index < -0.39 is 5.97 Å². The molecule has 1 aliphatic carbocycles. The number of pyridine rings is 1. The van der Waals surface area contributed by atoms with Crippen molar-refractivity contribution in [3.05, 3.63) is 35.9 Å². The number of aromatic carboxylic acids is 1. The molecule has 2 aromatic rings. The molecule has 1 fully saturated rings. The number of nitrogens with zero attached hydrogens (tertiary/aromatic N) is 1. The van der Waals surface area contributed by atoms with Crippen LogP contribution in [-0.2, 0) is 0 Å². The highest BCUT2D eigenvalue weighted by atomic mass is 16.4. The molecule has 1 heterocycles. The summed E-state index contributed by atoms with van der Waals surface area (Å²) < 4.78 is 0. The third-order valence-corrected chi connectivity index (χ3v) is 4.23. The molecule has 2 N–H and O–H groups in total. The number of hydrogen-bond acceptors (Lipinski definition) is 3. The van der Waals surface area contributed by atoms with Gasteiger partial charge in [-0.1, -0.05) is 38.0 Å². The van der Waals surface area contributed by atoms with Gasteiger partial charge in [0, 0.05) is 11.4 Å². The Kier molecular flexibility index (Phi) is 3.78. The number of carbonyl (C=O) groups is 1. The maximum atomic E-state index is 11.5. The van der Waals surface area contributed by atoms with Gasteiger partial charge in [-0.2, -0.15) is 0 Å². The number of para-hydroxylation sites is 1. The highest BCUT2D eigenvalue weighted by Gasteiger charge is 2.21. The van der Waals surface area contributed by atoms with Crippen molar-refractivity contribution < 1.29 is 9.90 Å². The zero-order valence-corrected chi connectivity index (χ0v) is 12.2. The summed E-state index contributed by atoms with van der Waals surface area (Å²) in [4.78, 5) is 16.0. The molecule has 2 unspecified atom stereocenters. The molecule has 0 spiro atoms. The highest BCUT2D eigenvalue weighted by molar-refractivity contribution is 5.98. The molecule has 21 heavy (non-hydrogen) atoms. The summed E-state index contributed by atoms with van der Waals surface area (Å²) in [6.45, 7) is 2.25. The van der Waals surface area contributed by atoms with Crippen molar-refractivity contribution in [2.75, 3.05) is 5.32 Å². The molecule has 0 saturated heterocycles. The second-order valence-electron chi connectivity index (χ2n) is 6.00. The third kappa shape index (κ3) is 2.99. The van der Waals surface area contributed by atoms with Crippen LogP contribution in [0.4, 0.5) is 5.82 Å². The largest absolute Gasteiger partial charge is 0.478 e. The second kappa shape index (κ2) is 5.72. The van der Waals surface area contributed by atoms with Crippen molar-refractivity contribution in [1.82, 2.24) is 4.98 Å². The first-order valence-electron chi connectivity index (χ1n) is 7.53. The molecule has 4 heteroatoms. The second-order valence-corrected chi connectivity index (χ2v) is 6.00. The Morgan fingerprint density at radius 3 is 2.90 bits per heavy atom. The highest BCUT2D eigenvalue weighted by Crippen LogP contribution is 2.28. The summed E-state index contributed by atoms with van der Waals surface area (Å²) in [6.07, 6.45) is 4.61. The van der Waals surface area contributed by atoms with Crippen LogP contribution in [0.2, 0.25) is 0 Å². The van der Waals surface area contributed by atoms with E-state index in [1.54, 1.807) is 6.07 Å². The SMILES string of the molecule is CC1CCCC(Nc2nc3ccccc3cc2C(=O)O)C1. The monoisotopic (exact) mass is 284 g/mol. The fourth-order valence-electron chi connectivity index (χ4n) is 3.15. The van der Waals surface area contributed by atoms with Crippen LogP contribution in [0.5, 0.6) is 0 Å². The molecule has 0 amide bonds. The van der Waals surface area contributed by atoms with E-state index in [-0.39, 0.29) is 5.56 Å². The fraction of sp³-hybridized carbons (Fsp3) is 0.412. The van der Waals surface area contributed by atoms with Gasteiger partial charge in [-0.25, -0.2) is 9.78 Å². The number of benzene rings is 1. The van der Waals surface area contributed by atoms with Crippen molar-refractivity contribution in [2.24, 2.45) is 5.92 Å². The summed E-state index contributed by atoms with van der Waals surface area (Å²) in [5.41, 5.74) is 1.08. The first kappa shape index (κ1) is 13.9. The van der Waals surface area contributed by atoms with Crippen LogP contribution in [0, 0.1) is 5.92 Å². The van der Waals surface area contributed by atoms with E-state index in [1.165, 1.54) is 12.8 Å². The molecular weight excluding hydrogens is 264 g/mol. The van der Waals surface area contributed by atoms with Gasteiger partial charge in [-0.05, 0) is 30.9 Å². The average molecular weight is 284 g/mol. The summed E-state index contributed by atoms with van der Waals surface area (Å²) in [7, 11) is 0. The topological polar surface area (TPSA) is 62.2 Å². The van der Waals surface area contributed by atoms with Crippen LogP contribution in [0.1, 0.15) is 43.0 Å². The van der Waals surface area contributed by atoms with Crippen molar-refractivity contribution in [2.45, 2.75) is 38.6 Å². The van der Waals surface area contributed by atoms with Gasteiger partial charge in [-0.15, -0.1) is 0 Å². The van der Waals surface area contributed by atoms with Crippen molar-refractivity contribution in [3.8, 4) is 0 Å². The van der Waals surface area contributed by atoms with Crippen molar-refractivity contribution in [3.63, 3.8) is 0 Å². The molecule has 4 nitrogen and oxygen atoms in total. The number of carboxylic acids is 1. The normalized spacial score (nSPS) is 22.1. The molecular formula is C17H20N2O2. The average Bonchev–Trinajstić information content (AvgIpc) is 2.46. The van der Waals surface area contributed by atoms with E-state index in [9.17, 15) is 9.90 Å². The number of nitrogens with one attached hydrogen (secondary N) is 1. The number of rotatable bonds is 3. The minimum atomic E-state index is -0.931. The molecule has 0 bridgehead atoms. The van der Waals surface area contributed by atoms with Crippen molar-refractivity contribution >= 4 is 22.7 Å².